The van der Waals surface area contributed by atoms with E-state index in [0.29, 0.717) is 17.8 Å². The maximum atomic E-state index is 11.8. The number of rotatable bonds is 7. The molecule has 0 aliphatic heterocycles. The SMILES string of the molecule is CCCN(C)c1nc(N)c(C(=O)NCCCO)s1. The monoisotopic (exact) mass is 272 g/mol. The standard InChI is InChI=1S/C11H20N4O2S/c1-3-6-15(2)11-14-9(12)8(18-11)10(17)13-5-4-7-16/h16H,3-7,12H2,1-2H3,(H,13,17). The lowest BCUT2D eigenvalue weighted by Crippen LogP contribution is -2.24. The van der Waals surface area contributed by atoms with Crippen LogP contribution in [0.3, 0.4) is 0 Å². The number of nitrogens with zero attached hydrogens (tertiary/aromatic N) is 2. The average Bonchev–Trinajstić information content (AvgIpc) is 2.72. The highest BCUT2D eigenvalue weighted by molar-refractivity contribution is 7.18. The second kappa shape index (κ2) is 7.17. The van der Waals surface area contributed by atoms with Crippen molar-refractivity contribution < 1.29 is 9.90 Å². The van der Waals surface area contributed by atoms with Gasteiger partial charge in [0, 0.05) is 26.7 Å². The summed E-state index contributed by atoms with van der Waals surface area (Å²) in [6.45, 7) is 3.45. The van der Waals surface area contributed by atoms with Gasteiger partial charge in [-0.05, 0) is 12.8 Å². The van der Waals surface area contributed by atoms with Crippen molar-refractivity contribution in [3.8, 4) is 0 Å². The van der Waals surface area contributed by atoms with E-state index >= 15 is 0 Å². The summed E-state index contributed by atoms with van der Waals surface area (Å²) in [5, 5.41) is 12.1. The van der Waals surface area contributed by atoms with E-state index in [0.717, 1.165) is 18.1 Å². The molecule has 0 bridgehead atoms. The molecule has 0 aromatic carbocycles. The van der Waals surface area contributed by atoms with E-state index in [2.05, 4.69) is 17.2 Å². The van der Waals surface area contributed by atoms with Gasteiger partial charge in [-0.3, -0.25) is 4.79 Å². The van der Waals surface area contributed by atoms with Crippen LogP contribution in [-0.4, -0.2) is 42.7 Å². The summed E-state index contributed by atoms with van der Waals surface area (Å²) in [7, 11) is 1.93. The van der Waals surface area contributed by atoms with Crippen molar-refractivity contribution in [3.05, 3.63) is 4.88 Å². The van der Waals surface area contributed by atoms with Crippen molar-refractivity contribution in [1.82, 2.24) is 10.3 Å². The number of aliphatic hydroxyl groups excluding tert-OH is 1. The van der Waals surface area contributed by atoms with Crippen molar-refractivity contribution in [2.24, 2.45) is 0 Å². The number of carbonyl (C=O) groups is 1. The van der Waals surface area contributed by atoms with Crippen LogP contribution in [0.2, 0.25) is 0 Å². The van der Waals surface area contributed by atoms with Crippen molar-refractivity contribution in [2.75, 3.05) is 37.4 Å². The number of thiazole rings is 1. The van der Waals surface area contributed by atoms with E-state index in [9.17, 15) is 4.79 Å². The summed E-state index contributed by atoms with van der Waals surface area (Å²) in [6, 6.07) is 0. The molecule has 0 radical (unpaired) electrons. The van der Waals surface area contributed by atoms with Crippen molar-refractivity contribution in [2.45, 2.75) is 19.8 Å². The Balaban J connectivity index is 2.68. The van der Waals surface area contributed by atoms with Gasteiger partial charge in [-0.15, -0.1) is 0 Å². The van der Waals surface area contributed by atoms with Crippen LogP contribution in [0.25, 0.3) is 0 Å². The van der Waals surface area contributed by atoms with Crippen LogP contribution in [0.5, 0.6) is 0 Å². The van der Waals surface area contributed by atoms with Gasteiger partial charge >= 0.3 is 0 Å². The molecule has 0 aliphatic carbocycles. The van der Waals surface area contributed by atoms with Gasteiger partial charge in [0.25, 0.3) is 5.91 Å². The number of aliphatic hydroxyl groups is 1. The molecule has 0 fully saturated rings. The Bertz CT molecular complexity index is 394. The predicted octanol–water partition coefficient (Wildman–Crippen LogP) is 0.684. The lowest BCUT2D eigenvalue weighted by molar-refractivity contribution is 0.0956. The van der Waals surface area contributed by atoms with Crippen LogP contribution in [0.15, 0.2) is 0 Å². The first-order valence-electron chi connectivity index (χ1n) is 5.96. The van der Waals surface area contributed by atoms with Gasteiger partial charge in [0.2, 0.25) is 0 Å². The Labute approximate surface area is 111 Å². The van der Waals surface area contributed by atoms with Crippen molar-refractivity contribution in [1.29, 1.82) is 0 Å². The minimum atomic E-state index is -0.227. The molecule has 0 atom stereocenters. The summed E-state index contributed by atoms with van der Waals surface area (Å²) < 4.78 is 0. The van der Waals surface area contributed by atoms with Crippen LogP contribution in [-0.2, 0) is 0 Å². The summed E-state index contributed by atoms with van der Waals surface area (Å²) in [5.74, 6) is 0.0362. The number of anilines is 2. The zero-order chi connectivity index (χ0) is 13.5. The molecule has 6 nitrogen and oxygen atoms in total. The van der Waals surface area contributed by atoms with Gasteiger partial charge in [-0.2, -0.15) is 0 Å². The molecule has 7 heteroatoms. The molecule has 1 aromatic heterocycles. The first kappa shape index (κ1) is 14.7. The molecular formula is C11H20N4O2S. The third-order valence-corrected chi connectivity index (χ3v) is 3.54. The van der Waals surface area contributed by atoms with Gasteiger partial charge in [0.1, 0.15) is 10.7 Å². The molecule has 0 spiro atoms. The van der Waals surface area contributed by atoms with Crippen LogP contribution in [0.1, 0.15) is 29.4 Å². The Morgan fingerprint density at radius 3 is 2.94 bits per heavy atom. The molecule has 0 saturated carbocycles. The summed E-state index contributed by atoms with van der Waals surface area (Å²) in [5.41, 5.74) is 5.74. The predicted molar refractivity (Wildman–Crippen MR) is 74.1 cm³/mol. The highest BCUT2D eigenvalue weighted by Crippen LogP contribution is 2.27. The molecule has 102 valence electrons. The number of hydrogen-bond donors (Lipinski definition) is 3. The van der Waals surface area contributed by atoms with Gasteiger partial charge in [0.05, 0.1) is 0 Å². The maximum Gasteiger partial charge on any atom is 0.265 e. The zero-order valence-corrected chi connectivity index (χ0v) is 11.6. The molecular weight excluding hydrogens is 252 g/mol. The van der Waals surface area contributed by atoms with Gasteiger partial charge < -0.3 is 21.1 Å². The largest absolute Gasteiger partial charge is 0.396 e. The van der Waals surface area contributed by atoms with E-state index in [1.807, 2.05) is 11.9 Å². The molecule has 0 saturated heterocycles. The van der Waals surface area contributed by atoms with Crippen LogP contribution in [0.4, 0.5) is 10.9 Å². The highest BCUT2D eigenvalue weighted by Gasteiger charge is 2.17. The summed E-state index contributed by atoms with van der Waals surface area (Å²) in [4.78, 5) is 18.4. The van der Waals surface area contributed by atoms with E-state index < -0.39 is 0 Å². The second-order valence-corrected chi connectivity index (χ2v) is 4.94. The molecule has 4 N–H and O–H groups in total. The zero-order valence-electron chi connectivity index (χ0n) is 10.8. The molecule has 1 aromatic rings. The molecule has 1 amide bonds. The normalized spacial score (nSPS) is 10.4. The van der Waals surface area contributed by atoms with Crippen LogP contribution < -0.4 is 16.0 Å². The first-order valence-corrected chi connectivity index (χ1v) is 6.78. The third-order valence-electron chi connectivity index (χ3n) is 2.35. The lowest BCUT2D eigenvalue weighted by Gasteiger charge is -2.13. The molecule has 0 aliphatic rings. The Kier molecular flexibility index (Phi) is 5.87. The fourth-order valence-corrected chi connectivity index (χ4v) is 2.33. The van der Waals surface area contributed by atoms with Crippen LogP contribution >= 0.6 is 11.3 Å². The topological polar surface area (TPSA) is 91.5 Å². The first-order chi connectivity index (χ1) is 8.60. The quantitative estimate of drug-likeness (QED) is 0.635. The third kappa shape index (κ3) is 3.85. The van der Waals surface area contributed by atoms with Gasteiger partial charge in [-0.1, -0.05) is 18.3 Å². The number of hydrogen-bond acceptors (Lipinski definition) is 6. The number of aromatic nitrogens is 1. The number of amides is 1. The smallest absolute Gasteiger partial charge is 0.265 e. The minimum Gasteiger partial charge on any atom is -0.396 e. The van der Waals surface area contributed by atoms with E-state index in [1.54, 1.807) is 0 Å². The molecule has 1 heterocycles. The fourth-order valence-electron chi connectivity index (χ4n) is 1.44. The van der Waals surface area contributed by atoms with E-state index in [1.165, 1.54) is 11.3 Å². The van der Waals surface area contributed by atoms with Crippen molar-refractivity contribution >= 4 is 28.2 Å². The second-order valence-electron chi connectivity index (χ2n) is 3.97. The number of nitrogens with one attached hydrogen (secondary N) is 1. The Morgan fingerprint density at radius 2 is 2.33 bits per heavy atom. The summed E-state index contributed by atoms with van der Waals surface area (Å²) in [6.07, 6.45) is 1.54. The number of carbonyl (C=O) groups excluding carboxylic acids is 1. The summed E-state index contributed by atoms with van der Waals surface area (Å²) >= 11 is 1.29. The minimum absolute atomic E-state index is 0.0585. The average molecular weight is 272 g/mol. The van der Waals surface area contributed by atoms with Crippen LogP contribution in [0, 0.1) is 0 Å². The Morgan fingerprint density at radius 1 is 1.61 bits per heavy atom. The number of nitrogen functional groups attached to an aromatic ring is 1. The Hall–Kier alpha value is -1.34. The van der Waals surface area contributed by atoms with Gasteiger partial charge in [0.15, 0.2) is 5.13 Å². The van der Waals surface area contributed by atoms with Crippen molar-refractivity contribution in [3.63, 3.8) is 0 Å². The fraction of sp³-hybridized carbons (Fsp3) is 0.636. The maximum absolute atomic E-state index is 11.8. The van der Waals surface area contributed by atoms with E-state index in [4.69, 9.17) is 10.8 Å². The molecule has 0 unspecified atom stereocenters. The van der Waals surface area contributed by atoms with Gasteiger partial charge in [-0.25, -0.2) is 4.98 Å². The lowest BCUT2D eigenvalue weighted by atomic mass is 10.4. The molecule has 18 heavy (non-hydrogen) atoms. The molecule has 1 rings (SSSR count). The highest BCUT2D eigenvalue weighted by atomic mass is 32.1. The number of nitrogens with two attached hydrogens (primary N) is 1. The van der Waals surface area contributed by atoms with E-state index in [-0.39, 0.29) is 18.3 Å².